The van der Waals surface area contributed by atoms with Gasteiger partial charge in [0.25, 0.3) is 5.91 Å². The van der Waals surface area contributed by atoms with Gasteiger partial charge in [-0.15, -0.1) is 0 Å². The van der Waals surface area contributed by atoms with Gasteiger partial charge >= 0.3 is 6.03 Å². The predicted octanol–water partition coefficient (Wildman–Crippen LogP) is 2.60. The Morgan fingerprint density at radius 2 is 1.84 bits per heavy atom. The molecule has 1 spiro atoms. The molecule has 2 fully saturated rings. The van der Waals surface area contributed by atoms with Crippen LogP contribution in [-0.2, 0) is 16.1 Å². The molecule has 1 aliphatic carbocycles. The minimum Gasteiger partial charge on any atom is -0.352 e. The van der Waals surface area contributed by atoms with Crippen LogP contribution in [-0.4, -0.2) is 34.8 Å². The first kappa shape index (κ1) is 17.7. The first-order valence-corrected chi connectivity index (χ1v) is 9.03. The number of hydrogen-bond acceptors (Lipinski definition) is 3. The Kier molecular flexibility index (Phi) is 5.27. The Morgan fingerprint density at radius 1 is 1.16 bits per heavy atom. The summed E-state index contributed by atoms with van der Waals surface area (Å²) >= 11 is 5.82. The number of rotatable bonds is 5. The maximum absolute atomic E-state index is 12.6. The summed E-state index contributed by atoms with van der Waals surface area (Å²) in [5.41, 5.74) is 0.212. The van der Waals surface area contributed by atoms with Crippen LogP contribution in [0.25, 0.3) is 0 Å². The highest BCUT2D eigenvalue weighted by molar-refractivity contribution is 6.30. The third kappa shape index (κ3) is 3.95. The van der Waals surface area contributed by atoms with Gasteiger partial charge < -0.3 is 10.6 Å². The smallest absolute Gasteiger partial charge is 0.325 e. The fourth-order valence-corrected chi connectivity index (χ4v) is 3.60. The number of benzene rings is 1. The van der Waals surface area contributed by atoms with Crippen LogP contribution >= 0.6 is 11.6 Å². The molecule has 1 saturated heterocycles. The van der Waals surface area contributed by atoms with E-state index in [1.165, 1.54) is 4.90 Å². The second kappa shape index (κ2) is 7.44. The summed E-state index contributed by atoms with van der Waals surface area (Å²) < 4.78 is 0. The van der Waals surface area contributed by atoms with Gasteiger partial charge in [0.15, 0.2) is 0 Å². The molecule has 1 aliphatic heterocycles. The highest BCUT2D eigenvalue weighted by Gasteiger charge is 2.50. The largest absolute Gasteiger partial charge is 0.352 e. The molecule has 0 unspecified atom stereocenters. The molecule has 134 valence electrons. The van der Waals surface area contributed by atoms with Gasteiger partial charge in [-0.3, -0.25) is 14.5 Å². The van der Waals surface area contributed by atoms with Crippen LogP contribution in [0.5, 0.6) is 0 Å². The summed E-state index contributed by atoms with van der Waals surface area (Å²) in [6, 6.07) is 6.83. The zero-order valence-corrected chi connectivity index (χ0v) is 14.8. The predicted molar refractivity (Wildman–Crippen MR) is 94.0 cm³/mol. The van der Waals surface area contributed by atoms with Crippen molar-refractivity contribution in [1.29, 1.82) is 0 Å². The van der Waals surface area contributed by atoms with Crippen LogP contribution in [0.1, 0.15) is 44.1 Å². The number of hydrogen-bond donors (Lipinski definition) is 2. The Bertz CT molecular complexity index is 669. The molecular formula is C18H22ClN3O3. The summed E-state index contributed by atoms with van der Waals surface area (Å²) in [4.78, 5) is 37.9. The van der Waals surface area contributed by atoms with Gasteiger partial charge in [0.1, 0.15) is 5.54 Å². The minimum atomic E-state index is -0.727. The van der Waals surface area contributed by atoms with Gasteiger partial charge in [0.2, 0.25) is 5.91 Å². The summed E-state index contributed by atoms with van der Waals surface area (Å²) in [6.45, 7) is 0.499. The second-order valence-corrected chi connectivity index (χ2v) is 7.12. The van der Waals surface area contributed by atoms with E-state index in [0.717, 1.165) is 24.8 Å². The van der Waals surface area contributed by atoms with Crippen LogP contribution in [0, 0.1) is 0 Å². The molecule has 0 radical (unpaired) electrons. The number of halogens is 1. The molecule has 6 nitrogen and oxygen atoms in total. The highest BCUT2D eigenvalue weighted by Crippen LogP contribution is 2.33. The molecular weight excluding hydrogens is 342 g/mol. The average molecular weight is 364 g/mol. The summed E-state index contributed by atoms with van der Waals surface area (Å²) in [7, 11) is 0. The van der Waals surface area contributed by atoms with Crippen molar-refractivity contribution < 1.29 is 14.4 Å². The first-order valence-electron chi connectivity index (χ1n) is 8.65. The van der Waals surface area contributed by atoms with E-state index in [4.69, 9.17) is 11.6 Å². The van der Waals surface area contributed by atoms with Crippen molar-refractivity contribution >= 4 is 29.4 Å². The van der Waals surface area contributed by atoms with Gasteiger partial charge in [0, 0.05) is 24.5 Å². The monoisotopic (exact) mass is 363 g/mol. The number of carbonyl (C=O) groups excluding carboxylic acids is 3. The van der Waals surface area contributed by atoms with Crippen LogP contribution in [0.4, 0.5) is 4.79 Å². The van der Waals surface area contributed by atoms with E-state index in [9.17, 15) is 14.4 Å². The zero-order valence-electron chi connectivity index (χ0n) is 14.0. The van der Waals surface area contributed by atoms with Crippen LogP contribution in [0.15, 0.2) is 24.3 Å². The van der Waals surface area contributed by atoms with Gasteiger partial charge in [-0.1, -0.05) is 43.0 Å². The molecule has 1 heterocycles. The maximum atomic E-state index is 12.6. The van der Waals surface area contributed by atoms with Crippen molar-refractivity contribution in [1.82, 2.24) is 15.5 Å². The van der Waals surface area contributed by atoms with Crippen LogP contribution in [0.3, 0.4) is 0 Å². The number of nitrogens with one attached hydrogen (secondary N) is 2. The summed E-state index contributed by atoms with van der Waals surface area (Å²) in [5, 5.41) is 6.28. The average Bonchev–Trinajstić information content (AvgIpc) is 2.83. The van der Waals surface area contributed by atoms with Crippen molar-refractivity contribution in [2.75, 3.05) is 6.54 Å². The molecule has 7 heteroatoms. The Balaban J connectivity index is 1.49. The maximum Gasteiger partial charge on any atom is 0.325 e. The molecule has 4 amide bonds. The SMILES string of the molecule is O=C(CCN1C(=O)NC2(CCCCC2)C1=O)NCc1ccc(Cl)cc1. The lowest BCUT2D eigenvalue weighted by atomic mass is 9.82. The Labute approximate surface area is 151 Å². The molecule has 0 atom stereocenters. The fraction of sp³-hybridized carbons (Fsp3) is 0.500. The van der Waals surface area contributed by atoms with Crippen molar-refractivity contribution in [3.8, 4) is 0 Å². The Hall–Kier alpha value is -2.08. The molecule has 1 saturated carbocycles. The normalized spacial score (nSPS) is 19.2. The molecule has 2 aliphatic rings. The lowest BCUT2D eigenvalue weighted by Crippen LogP contribution is -2.48. The third-order valence-corrected chi connectivity index (χ3v) is 5.17. The summed E-state index contributed by atoms with van der Waals surface area (Å²) in [5.74, 6) is -0.372. The second-order valence-electron chi connectivity index (χ2n) is 6.68. The van der Waals surface area contributed by atoms with Gasteiger partial charge in [-0.25, -0.2) is 4.79 Å². The number of urea groups is 1. The third-order valence-electron chi connectivity index (χ3n) is 4.92. The molecule has 0 bridgehead atoms. The van der Waals surface area contributed by atoms with Crippen molar-refractivity contribution in [3.05, 3.63) is 34.9 Å². The summed E-state index contributed by atoms with van der Waals surface area (Å²) in [6.07, 6.45) is 4.47. The van der Waals surface area contributed by atoms with E-state index in [-0.39, 0.29) is 30.8 Å². The van der Waals surface area contributed by atoms with E-state index < -0.39 is 5.54 Å². The highest BCUT2D eigenvalue weighted by atomic mass is 35.5. The topological polar surface area (TPSA) is 78.5 Å². The lowest BCUT2D eigenvalue weighted by molar-refractivity contribution is -0.132. The minimum absolute atomic E-state index is 0.100. The van der Waals surface area contributed by atoms with Crippen LogP contribution in [0.2, 0.25) is 5.02 Å². The lowest BCUT2D eigenvalue weighted by Gasteiger charge is -2.30. The quantitative estimate of drug-likeness (QED) is 0.789. The molecule has 1 aromatic carbocycles. The number of nitrogens with zero attached hydrogens (tertiary/aromatic N) is 1. The number of imide groups is 1. The van der Waals surface area contributed by atoms with E-state index >= 15 is 0 Å². The van der Waals surface area contributed by atoms with Crippen LogP contribution < -0.4 is 10.6 Å². The van der Waals surface area contributed by atoms with E-state index in [1.54, 1.807) is 12.1 Å². The first-order chi connectivity index (χ1) is 12.0. The number of carbonyl (C=O) groups is 3. The molecule has 1 aromatic rings. The van der Waals surface area contributed by atoms with Crippen molar-refractivity contribution in [2.24, 2.45) is 0 Å². The van der Waals surface area contributed by atoms with E-state index in [2.05, 4.69) is 10.6 Å². The molecule has 25 heavy (non-hydrogen) atoms. The van der Waals surface area contributed by atoms with Crippen molar-refractivity contribution in [3.63, 3.8) is 0 Å². The Morgan fingerprint density at radius 3 is 2.52 bits per heavy atom. The number of amides is 4. The van der Waals surface area contributed by atoms with Gasteiger partial charge in [-0.05, 0) is 30.5 Å². The van der Waals surface area contributed by atoms with E-state index in [1.807, 2.05) is 12.1 Å². The van der Waals surface area contributed by atoms with Gasteiger partial charge in [0.05, 0.1) is 0 Å². The van der Waals surface area contributed by atoms with Gasteiger partial charge in [-0.2, -0.15) is 0 Å². The zero-order chi connectivity index (χ0) is 17.9. The van der Waals surface area contributed by atoms with Crippen molar-refractivity contribution in [2.45, 2.75) is 50.6 Å². The standard InChI is InChI=1S/C18H22ClN3O3/c19-14-6-4-13(5-7-14)12-20-15(23)8-11-22-16(24)18(21-17(22)25)9-2-1-3-10-18/h4-7H,1-3,8-12H2,(H,20,23)(H,21,25). The van der Waals surface area contributed by atoms with E-state index in [0.29, 0.717) is 24.4 Å². The molecule has 0 aromatic heterocycles. The molecule has 3 rings (SSSR count). The molecule has 2 N–H and O–H groups in total. The fourth-order valence-electron chi connectivity index (χ4n) is 3.48.